The van der Waals surface area contributed by atoms with Crippen molar-refractivity contribution >= 4 is 38.0 Å². The molecule has 1 aliphatic heterocycles. The zero-order valence-corrected chi connectivity index (χ0v) is 13.0. The summed E-state index contributed by atoms with van der Waals surface area (Å²) in [4.78, 5) is 19.5. The molecular formula is C10H8BrF4N3O3S. The molecule has 1 fully saturated rings. The fraction of sp³-hybridized carbons (Fsp3) is 0.500. The first kappa shape index (κ1) is 17.1. The third-order valence-electron chi connectivity index (χ3n) is 2.88. The number of aromatic nitrogens is 2. The van der Waals surface area contributed by atoms with Gasteiger partial charge in [0.05, 0.1) is 10.2 Å². The average molecular weight is 406 g/mol. The second kappa shape index (κ2) is 5.72. The van der Waals surface area contributed by atoms with E-state index in [9.17, 15) is 30.3 Å². The van der Waals surface area contributed by atoms with Crippen molar-refractivity contribution in [1.82, 2.24) is 9.97 Å². The molecule has 0 radical (unpaired) electrons. The minimum absolute atomic E-state index is 0.263. The summed E-state index contributed by atoms with van der Waals surface area (Å²) in [5.41, 5.74) is -1.26. The van der Waals surface area contributed by atoms with Crippen molar-refractivity contribution in [2.45, 2.75) is 12.6 Å². The smallest absolute Gasteiger partial charge is 0.280 e. The van der Waals surface area contributed by atoms with E-state index in [1.807, 2.05) is 0 Å². The number of hydrogen-bond donors (Lipinski definition) is 0. The Morgan fingerprint density at radius 2 is 2.05 bits per heavy atom. The van der Waals surface area contributed by atoms with Crippen molar-refractivity contribution in [3.05, 3.63) is 16.4 Å². The van der Waals surface area contributed by atoms with Gasteiger partial charge in [-0.25, -0.2) is 9.97 Å². The third-order valence-corrected chi connectivity index (χ3v) is 4.33. The van der Waals surface area contributed by atoms with Gasteiger partial charge >= 0.3 is 16.4 Å². The van der Waals surface area contributed by atoms with Crippen molar-refractivity contribution in [3.63, 3.8) is 0 Å². The highest BCUT2D eigenvalue weighted by Crippen LogP contribution is 2.34. The minimum atomic E-state index is -4.78. The lowest BCUT2D eigenvalue weighted by Crippen LogP contribution is -2.28. The van der Waals surface area contributed by atoms with Gasteiger partial charge in [0.25, 0.3) is 0 Å². The molecule has 0 aromatic carbocycles. The maximum Gasteiger partial charge on any atom is 0.434 e. The Morgan fingerprint density at radius 3 is 2.59 bits per heavy atom. The molecule has 1 atom stereocenters. The molecule has 1 aromatic rings. The van der Waals surface area contributed by atoms with Crippen LogP contribution >= 0.6 is 15.9 Å². The first-order chi connectivity index (χ1) is 9.97. The molecule has 1 saturated heterocycles. The van der Waals surface area contributed by atoms with Crippen molar-refractivity contribution in [2.24, 2.45) is 5.92 Å². The van der Waals surface area contributed by atoms with Gasteiger partial charge in [0, 0.05) is 25.1 Å². The Kier molecular flexibility index (Phi) is 4.44. The number of carbonyl (C=O) groups excluding carboxylic acids is 1. The third kappa shape index (κ3) is 3.91. The number of nitrogens with zero attached hydrogens (tertiary/aromatic N) is 3. The maximum atomic E-state index is 12.8. The molecule has 1 aliphatic rings. The Balaban J connectivity index is 2.28. The zero-order chi connectivity index (χ0) is 16.7. The molecule has 1 unspecified atom stereocenters. The molecule has 0 bridgehead atoms. The van der Waals surface area contributed by atoms with E-state index in [4.69, 9.17) is 0 Å². The lowest BCUT2D eigenvalue weighted by molar-refractivity contribution is -0.141. The summed E-state index contributed by atoms with van der Waals surface area (Å²) in [5, 5.41) is 0. The summed E-state index contributed by atoms with van der Waals surface area (Å²) in [6.07, 6.45) is -4.21. The summed E-state index contributed by atoms with van der Waals surface area (Å²) < 4.78 is 71.7. The van der Waals surface area contributed by atoms with Crippen molar-refractivity contribution in [1.29, 1.82) is 0 Å². The molecule has 0 aliphatic carbocycles. The Bertz CT molecular complexity index is 710. The van der Waals surface area contributed by atoms with Crippen LogP contribution in [0.15, 0.2) is 10.7 Å². The first-order valence-electron chi connectivity index (χ1n) is 5.80. The molecule has 1 amide bonds. The summed E-state index contributed by atoms with van der Waals surface area (Å²) in [6.45, 7) is -0.263. The van der Waals surface area contributed by atoms with Crippen molar-refractivity contribution in [2.75, 3.05) is 17.2 Å². The normalized spacial score (nSPS) is 19.8. The van der Waals surface area contributed by atoms with E-state index in [1.54, 1.807) is 0 Å². The van der Waals surface area contributed by atoms with Crippen LogP contribution in [0.4, 0.5) is 23.0 Å². The van der Waals surface area contributed by atoms with Crippen LogP contribution in [0.5, 0.6) is 0 Å². The van der Waals surface area contributed by atoms with Crippen LogP contribution in [0.2, 0.25) is 0 Å². The molecule has 2 heterocycles. The van der Waals surface area contributed by atoms with E-state index < -0.39 is 50.1 Å². The van der Waals surface area contributed by atoms with Gasteiger partial charge in [-0.15, -0.1) is 3.89 Å². The topological polar surface area (TPSA) is 80.2 Å². The van der Waals surface area contributed by atoms with E-state index in [0.717, 1.165) is 11.1 Å². The molecule has 0 saturated carbocycles. The second-order valence-electron chi connectivity index (χ2n) is 4.64. The molecule has 12 heteroatoms. The van der Waals surface area contributed by atoms with Gasteiger partial charge in [-0.2, -0.15) is 21.6 Å². The van der Waals surface area contributed by atoms with E-state index in [0.29, 0.717) is 0 Å². The summed E-state index contributed by atoms with van der Waals surface area (Å²) in [5.74, 6) is -2.90. The lowest BCUT2D eigenvalue weighted by Gasteiger charge is -2.16. The SMILES string of the molecule is O=C1CC(CS(=O)(=O)F)CN1c1ncc(Br)c(C(F)(F)F)n1. The van der Waals surface area contributed by atoms with Crippen LogP contribution in [0.25, 0.3) is 0 Å². The number of anilines is 1. The van der Waals surface area contributed by atoms with Gasteiger partial charge < -0.3 is 0 Å². The maximum absolute atomic E-state index is 12.8. The van der Waals surface area contributed by atoms with Crippen LogP contribution in [-0.4, -0.2) is 36.6 Å². The van der Waals surface area contributed by atoms with Gasteiger partial charge in [-0.3, -0.25) is 9.69 Å². The largest absolute Gasteiger partial charge is 0.434 e. The lowest BCUT2D eigenvalue weighted by atomic mass is 10.1. The van der Waals surface area contributed by atoms with Crippen LogP contribution in [0.1, 0.15) is 12.1 Å². The Morgan fingerprint density at radius 1 is 1.41 bits per heavy atom. The molecular weight excluding hydrogens is 398 g/mol. The zero-order valence-electron chi connectivity index (χ0n) is 10.6. The number of alkyl halides is 3. The van der Waals surface area contributed by atoms with Crippen LogP contribution in [0.3, 0.4) is 0 Å². The van der Waals surface area contributed by atoms with E-state index in [1.165, 1.54) is 0 Å². The van der Waals surface area contributed by atoms with Crippen LogP contribution in [0, 0.1) is 5.92 Å². The number of hydrogen-bond acceptors (Lipinski definition) is 5. The van der Waals surface area contributed by atoms with Gasteiger partial charge in [-0.05, 0) is 15.9 Å². The van der Waals surface area contributed by atoms with Gasteiger partial charge in [-0.1, -0.05) is 0 Å². The Hall–Kier alpha value is -1.30. The first-order valence-corrected chi connectivity index (χ1v) is 8.14. The fourth-order valence-electron chi connectivity index (χ4n) is 2.05. The second-order valence-corrected chi connectivity index (χ2v) is 6.91. The summed E-state index contributed by atoms with van der Waals surface area (Å²) >= 11 is 2.66. The molecule has 0 N–H and O–H groups in total. The van der Waals surface area contributed by atoms with Crippen LogP contribution < -0.4 is 4.90 Å². The molecule has 1 aromatic heterocycles. The van der Waals surface area contributed by atoms with E-state index in [2.05, 4.69) is 25.9 Å². The quantitative estimate of drug-likeness (QED) is 0.566. The van der Waals surface area contributed by atoms with Gasteiger partial charge in [0.15, 0.2) is 5.69 Å². The van der Waals surface area contributed by atoms with Crippen LogP contribution in [-0.2, 0) is 21.2 Å². The highest BCUT2D eigenvalue weighted by atomic mass is 79.9. The average Bonchev–Trinajstić information content (AvgIpc) is 2.66. The minimum Gasteiger partial charge on any atom is -0.280 e. The monoisotopic (exact) mass is 405 g/mol. The van der Waals surface area contributed by atoms with Crippen molar-refractivity contribution in [3.8, 4) is 0 Å². The molecule has 22 heavy (non-hydrogen) atoms. The number of carbonyl (C=O) groups is 1. The molecule has 122 valence electrons. The Labute approximate surface area is 130 Å². The number of halogens is 5. The van der Waals surface area contributed by atoms with Gasteiger partial charge in [0.2, 0.25) is 11.9 Å². The summed E-state index contributed by atoms with van der Waals surface area (Å²) in [7, 11) is -4.78. The number of amides is 1. The highest BCUT2D eigenvalue weighted by Gasteiger charge is 2.39. The van der Waals surface area contributed by atoms with E-state index >= 15 is 0 Å². The number of rotatable bonds is 3. The summed E-state index contributed by atoms with van der Waals surface area (Å²) in [6, 6.07) is 0. The molecule has 2 rings (SSSR count). The molecule has 0 spiro atoms. The van der Waals surface area contributed by atoms with Gasteiger partial charge in [0.1, 0.15) is 0 Å². The predicted molar refractivity (Wildman–Crippen MR) is 70.1 cm³/mol. The van der Waals surface area contributed by atoms with E-state index in [-0.39, 0.29) is 13.0 Å². The predicted octanol–water partition coefficient (Wildman–Crippen LogP) is 1.91. The standard InChI is InChI=1S/C10H8BrF4N3O3S/c11-6-2-16-9(17-8(6)10(12,13)14)18-3-5(1-7(18)19)4-22(15,20)21/h2,5H,1,3-4H2. The highest BCUT2D eigenvalue weighted by molar-refractivity contribution is 9.10. The fourth-order valence-corrected chi connectivity index (χ4v) is 3.26. The van der Waals surface area contributed by atoms with Crippen molar-refractivity contribution < 1.29 is 30.3 Å². The molecule has 6 nitrogen and oxygen atoms in total.